The third-order valence-corrected chi connectivity index (χ3v) is 5.60. The van der Waals surface area contributed by atoms with Crippen molar-refractivity contribution in [3.05, 3.63) is 0 Å². The van der Waals surface area contributed by atoms with E-state index in [1.54, 1.807) is 21.3 Å². The van der Waals surface area contributed by atoms with Crippen LogP contribution in [0.3, 0.4) is 0 Å². The maximum absolute atomic E-state index is 5.46. The van der Waals surface area contributed by atoms with E-state index >= 15 is 0 Å². The molecule has 1 saturated heterocycles. The molecule has 0 radical (unpaired) electrons. The Morgan fingerprint density at radius 3 is 2.19 bits per heavy atom. The van der Waals surface area contributed by atoms with E-state index in [-0.39, 0.29) is 6.29 Å². The Hall–Kier alpha value is 0.0169. The van der Waals surface area contributed by atoms with Crippen molar-refractivity contribution < 1.29 is 22.8 Å². The second-order valence-corrected chi connectivity index (χ2v) is 6.80. The molecule has 1 aliphatic heterocycles. The first-order valence-electron chi connectivity index (χ1n) is 5.65. The lowest BCUT2D eigenvalue weighted by molar-refractivity contribution is -0.214. The van der Waals surface area contributed by atoms with Gasteiger partial charge in [-0.1, -0.05) is 0 Å². The molecule has 1 unspecified atom stereocenters. The zero-order chi connectivity index (χ0) is 11.9. The molecule has 1 rings (SSSR count). The molecule has 0 saturated carbocycles. The Kier molecular flexibility index (Phi) is 6.48. The monoisotopic (exact) mass is 250 g/mol. The lowest BCUT2D eigenvalue weighted by Crippen LogP contribution is -2.42. The van der Waals surface area contributed by atoms with Gasteiger partial charge < -0.3 is 22.8 Å². The van der Waals surface area contributed by atoms with E-state index in [0.717, 1.165) is 38.5 Å². The molecule has 96 valence electrons. The second-order valence-electron chi connectivity index (χ2n) is 3.71. The van der Waals surface area contributed by atoms with E-state index in [0.29, 0.717) is 0 Å². The highest BCUT2D eigenvalue weighted by Gasteiger charge is 2.36. The van der Waals surface area contributed by atoms with Crippen LogP contribution in [0.5, 0.6) is 0 Å². The summed E-state index contributed by atoms with van der Waals surface area (Å²) in [5.41, 5.74) is 0. The minimum Gasteiger partial charge on any atom is -0.377 e. The quantitative estimate of drug-likeness (QED) is 0.457. The Labute approximate surface area is 98.3 Å². The highest BCUT2D eigenvalue weighted by Crippen LogP contribution is 2.17. The number of unbranched alkanes of at least 4 members (excludes halogenated alkanes) is 1. The summed E-state index contributed by atoms with van der Waals surface area (Å²) in [5.74, 6) is 0. The van der Waals surface area contributed by atoms with E-state index in [9.17, 15) is 0 Å². The first-order valence-corrected chi connectivity index (χ1v) is 7.58. The van der Waals surface area contributed by atoms with Crippen molar-refractivity contribution in [3.63, 3.8) is 0 Å². The lowest BCUT2D eigenvalue weighted by atomic mass is 10.3. The maximum atomic E-state index is 5.46. The van der Waals surface area contributed by atoms with Crippen molar-refractivity contribution in [2.75, 3.05) is 34.5 Å². The predicted octanol–water partition coefficient (Wildman–Crippen LogP) is 1.41. The van der Waals surface area contributed by atoms with Gasteiger partial charge in [0.25, 0.3) is 0 Å². The zero-order valence-electron chi connectivity index (χ0n) is 10.4. The number of hydrogen-bond donors (Lipinski definition) is 0. The molecule has 0 aliphatic carbocycles. The van der Waals surface area contributed by atoms with Crippen LogP contribution < -0.4 is 0 Å². The molecule has 0 aromatic carbocycles. The van der Waals surface area contributed by atoms with Crippen molar-refractivity contribution in [1.29, 1.82) is 0 Å². The Morgan fingerprint density at radius 1 is 1.12 bits per heavy atom. The van der Waals surface area contributed by atoms with Crippen LogP contribution in [0, 0.1) is 0 Å². The summed E-state index contributed by atoms with van der Waals surface area (Å²) >= 11 is 0. The Bertz CT molecular complexity index is 174. The van der Waals surface area contributed by atoms with Crippen molar-refractivity contribution >= 4 is 8.80 Å². The zero-order valence-corrected chi connectivity index (χ0v) is 11.4. The average molecular weight is 250 g/mol. The van der Waals surface area contributed by atoms with Crippen molar-refractivity contribution in [2.24, 2.45) is 0 Å². The lowest BCUT2D eigenvalue weighted by Gasteiger charge is -2.27. The molecule has 1 atom stereocenters. The van der Waals surface area contributed by atoms with Crippen molar-refractivity contribution in [2.45, 2.75) is 31.6 Å². The van der Waals surface area contributed by atoms with E-state index in [2.05, 4.69) is 0 Å². The SMILES string of the molecule is CO[Si](CCCCOC1CCO1)(OC)OC. The summed E-state index contributed by atoms with van der Waals surface area (Å²) < 4.78 is 26.6. The summed E-state index contributed by atoms with van der Waals surface area (Å²) in [4.78, 5) is 0. The Balaban J connectivity index is 2.03. The molecule has 0 aromatic rings. The smallest absolute Gasteiger partial charge is 0.377 e. The Morgan fingerprint density at radius 2 is 1.75 bits per heavy atom. The van der Waals surface area contributed by atoms with Crippen LogP contribution in [0.4, 0.5) is 0 Å². The molecule has 1 fully saturated rings. The van der Waals surface area contributed by atoms with E-state index in [4.69, 9.17) is 22.8 Å². The van der Waals surface area contributed by atoms with Crippen LogP contribution in [-0.2, 0) is 22.8 Å². The minimum atomic E-state index is -2.38. The van der Waals surface area contributed by atoms with Crippen molar-refractivity contribution in [3.8, 4) is 0 Å². The first kappa shape index (κ1) is 14.1. The van der Waals surface area contributed by atoms with E-state index < -0.39 is 8.80 Å². The fourth-order valence-corrected chi connectivity index (χ4v) is 3.36. The summed E-state index contributed by atoms with van der Waals surface area (Å²) in [6.07, 6.45) is 3.01. The van der Waals surface area contributed by atoms with Crippen LogP contribution >= 0.6 is 0 Å². The van der Waals surface area contributed by atoms with Crippen molar-refractivity contribution in [1.82, 2.24) is 0 Å². The van der Waals surface area contributed by atoms with Crippen LogP contribution in [0.2, 0.25) is 6.04 Å². The maximum Gasteiger partial charge on any atom is 0.500 e. The predicted molar refractivity (Wildman–Crippen MR) is 61.1 cm³/mol. The first-order chi connectivity index (χ1) is 7.76. The van der Waals surface area contributed by atoms with Gasteiger partial charge in [0.15, 0.2) is 6.29 Å². The fraction of sp³-hybridized carbons (Fsp3) is 1.00. The molecular weight excluding hydrogens is 228 g/mol. The third kappa shape index (κ3) is 4.12. The van der Waals surface area contributed by atoms with E-state index in [1.165, 1.54) is 0 Å². The molecule has 0 bridgehead atoms. The average Bonchev–Trinajstić information content (AvgIpc) is 2.27. The molecule has 6 heteroatoms. The molecule has 0 N–H and O–H groups in total. The second kappa shape index (κ2) is 7.36. The van der Waals surface area contributed by atoms with Gasteiger partial charge >= 0.3 is 8.80 Å². The van der Waals surface area contributed by atoms with Gasteiger partial charge in [-0.15, -0.1) is 0 Å². The normalized spacial score (nSPS) is 20.8. The molecule has 5 nitrogen and oxygen atoms in total. The summed E-state index contributed by atoms with van der Waals surface area (Å²) in [7, 11) is 2.53. The summed E-state index contributed by atoms with van der Waals surface area (Å²) in [6, 6.07) is 0.825. The molecule has 16 heavy (non-hydrogen) atoms. The summed E-state index contributed by atoms with van der Waals surface area (Å²) in [6.45, 7) is 1.56. The van der Waals surface area contributed by atoms with Gasteiger partial charge in [0.2, 0.25) is 0 Å². The number of hydrogen-bond acceptors (Lipinski definition) is 5. The highest BCUT2D eigenvalue weighted by atomic mass is 28.4. The van der Waals surface area contributed by atoms with Gasteiger partial charge in [-0.3, -0.25) is 0 Å². The highest BCUT2D eigenvalue weighted by molar-refractivity contribution is 6.60. The van der Waals surface area contributed by atoms with Gasteiger partial charge in [0.1, 0.15) is 0 Å². The topological polar surface area (TPSA) is 46.2 Å². The largest absolute Gasteiger partial charge is 0.500 e. The van der Waals surface area contributed by atoms with Crippen LogP contribution in [-0.4, -0.2) is 49.6 Å². The van der Waals surface area contributed by atoms with Gasteiger partial charge in [-0.25, -0.2) is 0 Å². The van der Waals surface area contributed by atoms with Gasteiger partial charge in [-0.2, -0.15) is 0 Å². The third-order valence-electron chi connectivity index (χ3n) is 2.77. The van der Waals surface area contributed by atoms with Gasteiger partial charge in [-0.05, 0) is 12.8 Å². The van der Waals surface area contributed by atoms with Crippen LogP contribution in [0.1, 0.15) is 19.3 Å². The standard InChI is InChI=1S/C10H22O5Si/c1-11-16(12-2,13-3)9-5-4-7-14-10-6-8-15-10/h10H,4-9H2,1-3H3. The van der Waals surface area contributed by atoms with Gasteiger partial charge in [0, 0.05) is 40.4 Å². The molecule has 0 amide bonds. The van der Waals surface area contributed by atoms with Crippen LogP contribution in [0.25, 0.3) is 0 Å². The van der Waals surface area contributed by atoms with E-state index in [1.807, 2.05) is 0 Å². The molecular formula is C10H22O5Si. The number of rotatable bonds is 9. The molecule has 0 aromatic heterocycles. The molecule has 1 heterocycles. The van der Waals surface area contributed by atoms with Gasteiger partial charge in [0.05, 0.1) is 6.61 Å². The number of ether oxygens (including phenoxy) is 2. The molecule has 0 spiro atoms. The fourth-order valence-electron chi connectivity index (χ4n) is 1.56. The summed E-state index contributed by atoms with van der Waals surface area (Å²) in [5, 5.41) is 0. The minimum absolute atomic E-state index is 0.0364. The molecule has 1 aliphatic rings. The van der Waals surface area contributed by atoms with Crippen LogP contribution in [0.15, 0.2) is 0 Å².